The monoisotopic (exact) mass is 340 g/mol. The number of alkyl halides is 2. The third-order valence-corrected chi connectivity index (χ3v) is 7.15. The Morgan fingerprint density at radius 1 is 0.958 bits per heavy atom. The van der Waals surface area contributed by atoms with Gasteiger partial charge in [0.1, 0.15) is 0 Å². The van der Waals surface area contributed by atoms with Crippen molar-refractivity contribution < 1.29 is 13.5 Å². The van der Waals surface area contributed by atoms with E-state index in [9.17, 15) is 8.78 Å². The molecule has 2 atom stereocenters. The lowest BCUT2D eigenvalue weighted by atomic mass is 9.66. The maximum absolute atomic E-state index is 14.2. The van der Waals surface area contributed by atoms with Crippen LogP contribution in [0, 0.1) is 29.6 Å². The van der Waals surface area contributed by atoms with Gasteiger partial charge >= 0.3 is 6.11 Å². The molecule has 2 saturated carbocycles. The highest BCUT2D eigenvalue weighted by Crippen LogP contribution is 2.55. The van der Waals surface area contributed by atoms with E-state index in [0.717, 1.165) is 50.9 Å². The van der Waals surface area contributed by atoms with Gasteiger partial charge in [-0.3, -0.25) is 0 Å². The fraction of sp³-hybridized carbons (Fsp3) is 0.905. The molecule has 3 aliphatic rings. The standard InChI is InChI=1S/C21H34F2O/c1-3-5-6-16-9-11-17(12-10-16)19-20(24-21(19,22)23)18-13-7-15(4-2)8-14-18/h3,15-20H,1,4-14H2,2H3/t15?,16-,17-,18?,19-,20-/m0/s1. The summed E-state index contributed by atoms with van der Waals surface area (Å²) in [6.07, 6.45) is 11.1. The zero-order valence-corrected chi connectivity index (χ0v) is 15.2. The molecule has 2 aliphatic carbocycles. The van der Waals surface area contributed by atoms with Gasteiger partial charge in [-0.05, 0) is 62.2 Å². The summed E-state index contributed by atoms with van der Waals surface area (Å²) in [5.74, 6) is 1.55. The summed E-state index contributed by atoms with van der Waals surface area (Å²) in [6.45, 7) is 6.03. The number of hydrogen-bond acceptors (Lipinski definition) is 1. The summed E-state index contributed by atoms with van der Waals surface area (Å²) in [7, 11) is 0. The molecule has 3 fully saturated rings. The summed E-state index contributed by atoms with van der Waals surface area (Å²) in [5, 5.41) is 0. The van der Waals surface area contributed by atoms with Gasteiger partial charge in [0.2, 0.25) is 0 Å². The topological polar surface area (TPSA) is 9.23 Å². The smallest absolute Gasteiger partial charge is 0.316 e. The lowest BCUT2D eigenvalue weighted by Crippen LogP contribution is -2.61. The van der Waals surface area contributed by atoms with Crippen molar-refractivity contribution in [3.63, 3.8) is 0 Å². The molecular weight excluding hydrogens is 306 g/mol. The maximum atomic E-state index is 14.2. The fourth-order valence-electron chi connectivity index (χ4n) is 5.50. The molecule has 0 aromatic rings. The second-order valence-corrected chi connectivity index (χ2v) is 8.51. The Kier molecular flexibility index (Phi) is 6.00. The third-order valence-electron chi connectivity index (χ3n) is 7.15. The SMILES string of the molecule is C=CCC[C@H]1CC[C@H]([C@H]2[C@H](C3CCC(CC)CC3)OC2(F)F)CC1. The maximum Gasteiger partial charge on any atom is 0.361 e. The zero-order chi connectivity index (χ0) is 17.2. The van der Waals surface area contributed by atoms with Gasteiger partial charge in [-0.1, -0.05) is 45.1 Å². The summed E-state index contributed by atoms with van der Waals surface area (Å²) in [5.41, 5.74) is 0. The summed E-state index contributed by atoms with van der Waals surface area (Å²) in [6, 6.07) is 0. The van der Waals surface area contributed by atoms with Gasteiger partial charge in [0.05, 0.1) is 12.0 Å². The van der Waals surface area contributed by atoms with Crippen LogP contribution in [0.3, 0.4) is 0 Å². The molecule has 0 aromatic heterocycles. The molecule has 0 radical (unpaired) electrons. The van der Waals surface area contributed by atoms with Crippen LogP contribution in [-0.4, -0.2) is 12.2 Å². The summed E-state index contributed by atoms with van der Waals surface area (Å²) in [4.78, 5) is 0. The van der Waals surface area contributed by atoms with Crippen molar-refractivity contribution >= 4 is 0 Å². The molecule has 1 nitrogen and oxygen atoms in total. The average molecular weight is 340 g/mol. The quantitative estimate of drug-likeness (QED) is 0.496. The van der Waals surface area contributed by atoms with E-state index in [0.29, 0.717) is 11.8 Å². The molecule has 1 aliphatic heterocycles. The van der Waals surface area contributed by atoms with Gasteiger partial charge in [-0.25, -0.2) is 0 Å². The Bertz CT molecular complexity index is 406. The van der Waals surface area contributed by atoms with E-state index >= 15 is 0 Å². The highest BCUT2D eigenvalue weighted by Gasteiger charge is 2.62. The van der Waals surface area contributed by atoms with Crippen LogP contribution >= 0.6 is 0 Å². The van der Waals surface area contributed by atoms with Crippen molar-refractivity contribution in [2.45, 2.75) is 89.8 Å². The molecule has 0 amide bonds. The van der Waals surface area contributed by atoms with Crippen LogP contribution in [0.1, 0.15) is 77.6 Å². The predicted octanol–water partition coefficient (Wildman–Crippen LogP) is 6.58. The van der Waals surface area contributed by atoms with Gasteiger partial charge in [0.25, 0.3) is 0 Å². The molecule has 24 heavy (non-hydrogen) atoms. The first kappa shape index (κ1) is 18.4. The minimum Gasteiger partial charge on any atom is -0.316 e. The van der Waals surface area contributed by atoms with E-state index in [2.05, 4.69) is 13.5 Å². The second-order valence-electron chi connectivity index (χ2n) is 8.51. The van der Waals surface area contributed by atoms with E-state index < -0.39 is 12.0 Å². The Hall–Kier alpha value is -0.440. The molecule has 138 valence electrons. The predicted molar refractivity (Wildman–Crippen MR) is 93.9 cm³/mol. The van der Waals surface area contributed by atoms with Crippen molar-refractivity contribution in [2.75, 3.05) is 0 Å². The van der Waals surface area contributed by atoms with Crippen LogP contribution in [-0.2, 0) is 4.74 Å². The van der Waals surface area contributed by atoms with Crippen molar-refractivity contribution in [1.82, 2.24) is 0 Å². The van der Waals surface area contributed by atoms with E-state index in [1.807, 2.05) is 6.08 Å². The van der Waals surface area contributed by atoms with Gasteiger partial charge in [0, 0.05) is 0 Å². The lowest BCUT2D eigenvalue weighted by molar-refractivity contribution is -0.418. The summed E-state index contributed by atoms with van der Waals surface area (Å²) < 4.78 is 33.5. The fourth-order valence-corrected chi connectivity index (χ4v) is 5.50. The Morgan fingerprint density at radius 3 is 2.08 bits per heavy atom. The molecule has 0 N–H and O–H groups in total. The molecule has 3 heteroatoms. The van der Waals surface area contributed by atoms with Crippen LogP contribution in [0.5, 0.6) is 0 Å². The largest absolute Gasteiger partial charge is 0.361 e. The van der Waals surface area contributed by atoms with Crippen molar-refractivity contribution in [2.24, 2.45) is 29.6 Å². The van der Waals surface area contributed by atoms with Crippen LogP contribution < -0.4 is 0 Å². The second kappa shape index (κ2) is 7.85. The van der Waals surface area contributed by atoms with Crippen LogP contribution in [0.25, 0.3) is 0 Å². The van der Waals surface area contributed by atoms with Crippen molar-refractivity contribution in [3.05, 3.63) is 12.7 Å². The Balaban J connectivity index is 1.54. The minimum atomic E-state index is -2.87. The van der Waals surface area contributed by atoms with Gasteiger partial charge in [0.15, 0.2) is 0 Å². The van der Waals surface area contributed by atoms with Crippen molar-refractivity contribution in [3.8, 4) is 0 Å². The van der Waals surface area contributed by atoms with Crippen molar-refractivity contribution in [1.29, 1.82) is 0 Å². The van der Waals surface area contributed by atoms with E-state index in [1.54, 1.807) is 0 Å². The number of halogens is 2. The molecule has 0 spiro atoms. The first-order valence-corrected chi connectivity index (χ1v) is 10.2. The zero-order valence-electron chi connectivity index (χ0n) is 15.2. The number of allylic oxidation sites excluding steroid dienone is 1. The molecule has 1 heterocycles. The van der Waals surface area contributed by atoms with Gasteiger partial charge in [-0.15, -0.1) is 6.58 Å². The van der Waals surface area contributed by atoms with Gasteiger partial charge in [-0.2, -0.15) is 8.78 Å². The molecular formula is C21H34F2O. The molecule has 0 aromatic carbocycles. The van der Waals surface area contributed by atoms with Crippen LogP contribution in [0.15, 0.2) is 12.7 Å². The van der Waals surface area contributed by atoms with E-state index in [-0.39, 0.29) is 12.0 Å². The normalized spacial score (nSPS) is 42.3. The highest BCUT2D eigenvalue weighted by atomic mass is 19.3. The number of ether oxygens (including phenoxy) is 1. The van der Waals surface area contributed by atoms with Crippen LogP contribution in [0.2, 0.25) is 0 Å². The van der Waals surface area contributed by atoms with E-state index in [4.69, 9.17) is 4.74 Å². The molecule has 1 saturated heterocycles. The number of rotatable bonds is 6. The average Bonchev–Trinajstić information content (AvgIpc) is 2.59. The summed E-state index contributed by atoms with van der Waals surface area (Å²) >= 11 is 0. The molecule has 0 unspecified atom stereocenters. The first-order valence-electron chi connectivity index (χ1n) is 10.2. The highest BCUT2D eigenvalue weighted by molar-refractivity contribution is 4.98. The Morgan fingerprint density at radius 2 is 1.54 bits per heavy atom. The Labute approximate surface area is 146 Å². The lowest BCUT2D eigenvalue weighted by Gasteiger charge is -2.53. The van der Waals surface area contributed by atoms with E-state index in [1.165, 1.54) is 25.7 Å². The minimum absolute atomic E-state index is 0.169. The molecule has 3 rings (SSSR count). The third kappa shape index (κ3) is 3.86. The molecule has 0 bridgehead atoms. The number of hydrogen-bond donors (Lipinski definition) is 0. The van der Waals surface area contributed by atoms with Crippen LogP contribution in [0.4, 0.5) is 8.78 Å². The van der Waals surface area contributed by atoms with Gasteiger partial charge < -0.3 is 4.74 Å². The first-order chi connectivity index (χ1) is 11.5.